The van der Waals surface area contributed by atoms with E-state index >= 15 is 0 Å². The first-order chi connectivity index (χ1) is 8.04. The smallest absolute Gasteiger partial charge is 0.303 e. The summed E-state index contributed by atoms with van der Waals surface area (Å²) in [7, 11) is 1.56. The maximum Gasteiger partial charge on any atom is 0.303 e. The summed E-state index contributed by atoms with van der Waals surface area (Å²) in [5.74, 6) is -0.142. The number of rotatable bonds is 6. The Morgan fingerprint density at radius 2 is 2.24 bits per heavy atom. The number of hydrogen-bond acceptors (Lipinski definition) is 2. The van der Waals surface area contributed by atoms with Gasteiger partial charge in [0.2, 0.25) is 0 Å². The summed E-state index contributed by atoms with van der Waals surface area (Å²) in [6.07, 6.45) is 1.22. The van der Waals surface area contributed by atoms with Crippen LogP contribution in [0.1, 0.15) is 30.2 Å². The van der Waals surface area contributed by atoms with Crippen LogP contribution in [0, 0.1) is 0 Å². The van der Waals surface area contributed by atoms with Crippen LogP contribution in [0.4, 0.5) is 0 Å². The molecular weight excluding hydrogens is 263 g/mol. The molecule has 0 aliphatic heterocycles. The molecule has 0 spiro atoms. The monoisotopic (exact) mass is 276 g/mol. The molecule has 0 saturated carbocycles. The molecule has 1 unspecified atom stereocenters. The molecule has 1 atom stereocenters. The summed E-state index contributed by atoms with van der Waals surface area (Å²) >= 11 is 12.1. The number of methoxy groups -OCH3 is 1. The van der Waals surface area contributed by atoms with E-state index in [9.17, 15) is 4.79 Å². The minimum absolute atomic E-state index is 0.117. The zero-order chi connectivity index (χ0) is 12.8. The summed E-state index contributed by atoms with van der Waals surface area (Å²) in [4.78, 5) is 10.4. The number of benzene rings is 1. The second kappa shape index (κ2) is 6.72. The van der Waals surface area contributed by atoms with Gasteiger partial charge >= 0.3 is 5.97 Å². The van der Waals surface area contributed by atoms with Gasteiger partial charge in [0.05, 0.1) is 12.5 Å². The van der Waals surface area contributed by atoms with Crippen molar-refractivity contribution in [3.05, 3.63) is 28.8 Å². The third-order valence-corrected chi connectivity index (χ3v) is 3.07. The highest BCUT2D eigenvalue weighted by Gasteiger charge is 2.14. The predicted molar refractivity (Wildman–Crippen MR) is 68.1 cm³/mol. The number of alkyl halides is 1. The zero-order valence-electron chi connectivity index (χ0n) is 9.45. The van der Waals surface area contributed by atoms with Crippen molar-refractivity contribution in [2.45, 2.75) is 24.6 Å². The second-order valence-electron chi connectivity index (χ2n) is 3.64. The van der Waals surface area contributed by atoms with Gasteiger partial charge < -0.3 is 9.84 Å². The molecule has 17 heavy (non-hydrogen) atoms. The first-order valence-electron chi connectivity index (χ1n) is 5.24. The fraction of sp³-hybridized carbons (Fsp3) is 0.417. The first kappa shape index (κ1) is 14.1. The van der Waals surface area contributed by atoms with E-state index in [-0.39, 0.29) is 11.8 Å². The quantitative estimate of drug-likeness (QED) is 0.802. The maximum absolute atomic E-state index is 10.4. The lowest BCUT2D eigenvalue weighted by atomic mass is 10.1. The van der Waals surface area contributed by atoms with Crippen molar-refractivity contribution in [3.8, 4) is 5.75 Å². The SMILES string of the molecule is COc1ccc(Cl)cc1C(Cl)CCCC(=O)O. The van der Waals surface area contributed by atoms with Crippen LogP contribution < -0.4 is 4.74 Å². The largest absolute Gasteiger partial charge is 0.496 e. The van der Waals surface area contributed by atoms with Crippen LogP contribution in [-0.4, -0.2) is 18.2 Å². The molecule has 0 fully saturated rings. The van der Waals surface area contributed by atoms with Gasteiger partial charge in [0.15, 0.2) is 0 Å². The van der Waals surface area contributed by atoms with Crippen molar-refractivity contribution in [3.63, 3.8) is 0 Å². The number of hydrogen-bond donors (Lipinski definition) is 1. The Hall–Kier alpha value is -0.930. The topological polar surface area (TPSA) is 46.5 Å². The van der Waals surface area contributed by atoms with Gasteiger partial charge in [-0.25, -0.2) is 0 Å². The van der Waals surface area contributed by atoms with Gasteiger partial charge in [-0.05, 0) is 31.0 Å². The normalized spacial score (nSPS) is 12.2. The van der Waals surface area contributed by atoms with Gasteiger partial charge in [0.1, 0.15) is 5.75 Å². The Labute approximate surface area is 110 Å². The molecule has 0 heterocycles. The molecule has 94 valence electrons. The van der Waals surface area contributed by atoms with E-state index in [0.29, 0.717) is 23.6 Å². The van der Waals surface area contributed by atoms with Gasteiger partial charge in [-0.15, -0.1) is 11.6 Å². The van der Waals surface area contributed by atoms with Gasteiger partial charge in [0.25, 0.3) is 0 Å². The third-order valence-electron chi connectivity index (χ3n) is 2.38. The van der Waals surface area contributed by atoms with Crippen LogP contribution in [0.15, 0.2) is 18.2 Å². The molecule has 0 saturated heterocycles. The lowest BCUT2D eigenvalue weighted by Crippen LogP contribution is -1.99. The van der Waals surface area contributed by atoms with E-state index in [1.165, 1.54) is 0 Å². The predicted octanol–water partition coefficient (Wildman–Crippen LogP) is 3.88. The zero-order valence-corrected chi connectivity index (χ0v) is 11.0. The highest BCUT2D eigenvalue weighted by Crippen LogP contribution is 2.35. The average molecular weight is 277 g/mol. The van der Waals surface area contributed by atoms with E-state index < -0.39 is 5.97 Å². The Bertz CT molecular complexity index is 393. The van der Waals surface area contributed by atoms with E-state index in [2.05, 4.69) is 0 Å². The van der Waals surface area contributed by atoms with Gasteiger partial charge in [-0.2, -0.15) is 0 Å². The Morgan fingerprint density at radius 3 is 2.82 bits per heavy atom. The number of carboxylic acids is 1. The fourth-order valence-corrected chi connectivity index (χ4v) is 2.04. The Kier molecular flexibility index (Phi) is 5.59. The number of carbonyl (C=O) groups is 1. The molecule has 1 N–H and O–H groups in total. The molecule has 0 amide bonds. The first-order valence-corrected chi connectivity index (χ1v) is 6.05. The Morgan fingerprint density at radius 1 is 1.53 bits per heavy atom. The molecular formula is C12H14Cl2O3. The number of aliphatic carboxylic acids is 1. The molecule has 0 aliphatic carbocycles. The van der Waals surface area contributed by atoms with Crippen molar-refractivity contribution in [2.75, 3.05) is 7.11 Å². The maximum atomic E-state index is 10.4. The van der Waals surface area contributed by atoms with E-state index in [1.807, 2.05) is 0 Å². The van der Waals surface area contributed by atoms with Gasteiger partial charge in [-0.3, -0.25) is 4.79 Å². The molecule has 1 aromatic carbocycles. The van der Waals surface area contributed by atoms with E-state index in [1.54, 1.807) is 25.3 Å². The van der Waals surface area contributed by atoms with Crippen LogP contribution in [-0.2, 0) is 4.79 Å². The number of carboxylic acid groups (broad SMARTS) is 1. The summed E-state index contributed by atoms with van der Waals surface area (Å²) in [6.45, 7) is 0. The fourth-order valence-electron chi connectivity index (χ4n) is 1.54. The highest BCUT2D eigenvalue weighted by molar-refractivity contribution is 6.31. The van der Waals surface area contributed by atoms with Crippen LogP contribution in [0.2, 0.25) is 5.02 Å². The molecule has 0 radical (unpaired) electrons. The van der Waals surface area contributed by atoms with Gasteiger partial charge in [-0.1, -0.05) is 11.6 Å². The average Bonchev–Trinajstić information content (AvgIpc) is 2.28. The van der Waals surface area contributed by atoms with Crippen molar-refractivity contribution in [1.29, 1.82) is 0 Å². The molecule has 5 heteroatoms. The van der Waals surface area contributed by atoms with E-state index in [4.69, 9.17) is 33.0 Å². The lowest BCUT2D eigenvalue weighted by molar-refractivity contribution is -0.137. The molecule has 0 bridgehead atoms. The summed E-state index contributed by atoms with van der Waals surface area (Å²) in [5.41, 5.74) is 0.798. The van der Waals surface area contributed by atoms with Crippen molar-refractivity contribution < 1.29 is 14.6 Å². The molecule has 0 aromatic heterocycles. The van der Waals surface area contributed by atoms with Crippen LogP contribution in [0.5, 0.6) is 5.75 Å². The second-order valence-corrected chi connectivity index (χ2v) is 4.60. The summed E-state index contributed by atoms with van der Waals surface area (Å²) in [5, 5.41) is 8.85. The molecule has 1 aromatic rings. The summed E-state index contributed by atoms with van der Waals surface area (Å²) < 4.78 is 5.19. The standard InChI is InChI=1S/C12H14Cl2O3/c1-17-11-6-5-8(13)7-9(11)10(14)3-2-4-12(15)16/h5-7,10H,2-4H2,1H3,(H,15,16). The third kappa shape index (κ3) is 4.44. The van der Waals surface area contributed by atoms with Crippen LogP contribution in [0.25, 0.3) is 0 Å². The minimum Gasteiger partial charge on any atom is -0.496 e. The van der Waals surface area contributed by atoms with E-state index in [0.717, 1.165) is 5.56 Å². The molecule has 0 aliphatic rings. The highest BCUT2D eigenvalue weighted by atomic mass is 35.5. The Balaban J connectivity index is 2.69. The number of halogens is 2. The van der Waals surface area contributed by atoms with Crippen molar-refractivity contribution >= 4 is 29.2 Å². The minimum atomic E-state index is -0.813. The summed E-state index contributed by atoms with van der Waals surface area (Å²) in [6, 6.07) is 5.23. The molecule has 3 nitrogen and oxygen atoms in total. The lowest BCUT2D eigenvalue weighted by Gasteiger charge is -2.13. The van der Waals surface area contributed by atoms with Crippen LogP contribution >= 0.6 is 23.2 Å². The number of ether oxygens (including phenoxy) is 1. The van der Waals surface area contributed by atoms with Crippen molar-refractivity contribution in [1.82, 2.24) is 0 Å². The molecule has 1 rings (SSSR count). The van der Waals surface area contributed by atoms with Crippen molar-refractivity contribution in [2.24, 2.45) is 0 Å². The van der Waals surface area contributed by atoms with Gasteiger partial charge in [0, 0.05) is 17.0 Å². The van der Waals surface area contributed by atoms with Crippen LogP contribution in [0.3, 0.4) is 0 Å².